The number of phenols is 1. The molecule has 2 aromatic rings. The van der Waals surface area contributed by atoms with Crippen LogP contribution in [0.3, 0.4) is 0 Å². The van der Waals surface area contributed by atoms with Crippen LogP contribution in [0.15, 0.2) is 52.7 Å². The fourth-order valence-electron chi connectivity index (χ4n) is 1.93. The van der Waals surface area contributed by atoms with E-state index in [0.29, 0.717) is 11.4 Å². The number of benzene rings is 2. The van der Waals surface area contributed by atoms with Crippen molar-refractivity contribution in [1.82, 2.24) is 0 Å². The molecular weight excluding hydrogens is 347 g/mol. The Hall–Kier alpha value is -1.88. The molecule has 6 nitrogen and oxygen atoms in total. The summed E-state index contributed by atoms with van der Waals surface area (Å²) in [7, 11) is 0. The summed E-state index contributed by atoms with van der Waals surface area (Å²) >= 11 is -4.85. The van der Waals surface area contributed by atoms with E-state index in [0.717, 1.165) is 18.4 Å². The fraction of sp³-hybridized carbons (Fsp3) is 0.200. The van der Waals surface area contributed by atoms with Gasteiger partial charge in [0.1, 0.15) is 0 Å². The molecule has 0 heterocycles. The van der Waals surface area contributed by atoms with Crippen LogP contribution in [0, 0.1) is 0 Å². The monoisotopic (exact) mass is 364 g/mol. The van der Waals surface area contributed by atoms with E-state index in [1.165, 1.54) is 24.3 Å². The Morgan fingerprint density at radius 2 is 1.59 bits per heavy atom. The van der Waals surface area contributed by atoms with Crippen molar-refractivity contribution < 1.29 is 17.0 Å². The third kappa shape index (κ3) is 4.31. The molecule has 3 N–H and O–H groups in total. The molecule has 0 amide bonds. The first kappa shape index (κ1) is 16.5. The molecule has 22 heavy (non-hydrogen) atoms. The van der Waals surface area contributed by atoms with Crippen LogP contribution in [0.4, 0.5) is 11.4 Å². The predicted molar refractivity (Wildman–Crippen MR) is 83.2 cm³/mol. The Labute approximate surface area is 131 Å². The van der Waals surface area contributed by atoms with Crippen LogP contribution in [0.25, 0.3) is 0 Å². The third-order valence-electron chi connectivity index (χ3n) is 3.05. The van der Waals surface area contributed by atoms with E-state index in [1.807, 2.05) is 6.92 Å². The number of hydrogen-bond acceptors (Lipinski definition) is 4. The van der Waals surface area contributed by atoms with Crippen LogP contribution < -0.4 is 4.35 Å². The molecule has 0 saturated carbocycles. The first-order valence-corrected chi connectivity index (χ1v) is 10.2. The number of phenolic OH excluding ortho intramolecular Hbond substituents is 1. The van der Waals surface area contributed by atoms with Crippen molar-refractivity contribution in [1.29, 1.82) is 0 Å². The average Bonchev–Trinajstić information content (AvgIpc) is 2.48. The summed E-state index contributed by atoms with van der Waals surface area (Å²) in [6, 6.07) is 10.7. The molecule has 0 aromatic heterocycles. The molecule has 0 aliphatic rings. The van der Waals surface area contributed by atoms with Crippen molar-refractivity contribution in [3.05, 3.63) is 48.0 Å². The second-order valence-electron chi connectivity index (χ2n) is 4.82. The Morgan fingerprint density at radius 1 is 1.00 bits per heavy atom. The molecule has 0 bridgehead atoms. The predicted octanol–water partition coefficient (Wildman–Crippen LogP) is 2.32. The minimum absolute atomic E-state index is 0.00643. The first-order chi connectivity index (χ1) is 10.4. The maximum atomic E-state index is 11.1. The molecule has 116 valence electrons. The summed E-state index contributed by atoms with van der Waals surface area (Å²) in [6.45, 7) is 2.03. The zero-order valence-corrected chi connectivity index (χ0v) is 13.9. The van der Waals surface area contributed by atoms with E-state index in [9.17, 15) is 8.85 Å². The van der Waals surface area contributed by atoms with Gasteiger partial charge in [0, 0.05) is 0 Å². The van der Waals surface area contributed by atoms with Gasteiger partial charge in [0.25, 0.3) is 0 Å². The van der Waals surface area contributed by atoms with Gasteiger partial charge in [0.15, 0.2) is 0 Å². The second-order valence-corrected chi connectivity index (χ2v) is 8.19. The summed E-state index contributed by atoms with van der Waals surface area (Å²) in [6.07, 6.45) is 1.67. The van der Waals surface area contributed by atoms with E-state index in [1.54, 1.807) is 18.2 Å². The number of rotatable bonds is 5. The van der Waals surface area contributed by atoms with Gasteiger partial charge in [0.2, 0.25) is 0 Å². The van der Waals surface area contributed by atoms with Crippen molar-refractivity contribution in [2.45, 2.75) is 19.8 Å². The van der Waals surface area contributed by atoms with E-state index < -0.39 is 14.2 Å². The standard InChI is InChI=1S/C15H17AsN2O4/c1-2-3-11-10-14(8-9-15(11)19)18-17-13-6-4-12(5-7-13)16(20,21)22/h4-10,19H,2-3H2,1H3,(H2,20,21,22). The summed E-state index contributed by atoms with van der Waals surface area (Å²) in [4.78, 5) is 0. The molecule has 0 atom stereocenters. The first-order valence-electron chi connectivity index (χ1n) is 6.80. The van der Waals surface area contributed by atoms with Gasteiger partial charge in [-0.25, -0.2) is 0 Å². The van der Waals surface area contributed by atoms with Gasteiger partial charge in [-0.2, -0.15) is 0 Å². The van der Waals surface area contributed by atoms with Crippen molar-refractivity contribution in [2.24, 2.45) is 10.2 Å². The van der Waals surface area contributed by atoms with Gasteiger partial charge in [-0.15, -0.1) is 0 Å². The summed E-state index contributed by atoms with van der Waals surface area (Å²) in [5.74, 6) is 0.244. The van der Waals surface area contributed by atoms with Crippen molar-refractivity contribution in [3.63, 3.8) is 0 Å². The van der Waals surface area contributed by atoms with E-state index in [2.05, 4.69) is 10.2 Å². The van der Waals surface area contributed by atoms with Crippen LogP contribution in [0.2, 0.25) is 0 Å². The molecule has 2 rings (SSSR count). The summed E-state index contributed by atoms with van der Waals surface area (Å²) in [5.41, 5.74) is 1.93. The van der Waals surface area contributed by atoms with Crippen LogP contribution in [0.1, 0.15) is 18.9 Å². The molecule has 0 radical (unpaired) electrons. The number of aryl methyl sites for hydroxylation is 1. The Bertz CT molecular complexity index is 723. The number of aromatic hydroxyl groups is 1. The van der Waals surface area contributed by atoms with Crippen molar-refractivity contribution in [2.75, 3.05) is 0 Å². The normalized spacial score (nSPS) is 12.0. The van der Waals surface area contributed by atoms with Gasteiger partial charge in [0.05, 0.1) is 0 Å². The van der Waals surface area contributed by atoms with E-state index in [4.69, 9.17) is 8.19 Å². The molecule has 0 unspecified atom stereocenters. The van der Waals surface area contributed by atoms with Gasteiger partial charge in [-0.05, 0) is 0 Å². The number of hydrogen-bond donors (Lipinski definition) is 3. The summed E-state index contributed by atoms with van der Waals surface area (Å²) in [5, 5.41) is 17.8. The van der Waals surface area contributed by atoms with Crippen molar-refractivity contribution >= 4 is 29.9 Å². The van der Waals surface area contributed by atoms with Crippen LogP contribution in [-0.2, 0) is 10.2 Å². The quantitative estimate of drug-likeness (QED) is 0.560. The Kier molecular flexibility index (Phi) is 5.19. The van der Waals surface area contributed by atoms with Crippen LogP contribution in [0.5, 0.6) is 5.75 Å². The summed E-state index contributed by atoms with van der Waals surface area (Å²) < 4.78 is 29.3. The minimum atomic E-state index is -4.85. The van der Waals surface area contributed by atoms with Gasteiger partial charge in [-0.3, -0.25) is 0 Å². The molecule has 7 heteroatoms. The Morgan fingerprint density at radius 3 is 2.18 bits per heavy atom. The molecule has 0 saturated heterocycles. The molecule has 0 fully saturated rings. The van der Waals surface area contributed by atoms with Gasteiger partial charge < -0.3 is 0 Å². The van der Waals surface area contributed by atoms with E-state index in [-0.39, 0.29) is 10.1 Å². The number of azo groups is 1. The number of nitrogens with zero attached hydrogens (tertiary/aromatic N) is 2. The molecule has 0 aliphatic heterocycles. The molecule has 0 spiro atoms. The van der Waals surface area contributed by atoms with Gasteiger partial charge >= 0.3 is 131 Å². The SMILES string of the molecule is CCCc1cc(N=Nc2ccc([As](=O)(O)O)cc2)ccc1O. The van der Waals surface area contributed by atoms with Crippen LogP contribution in [-0.4, -0.2) is 27.5 Å². The zero-order chi connectivity index (χ0) is 16.2. The maximum absolute atomic E-state index is 11.1. The molecule has 0 aliphatic carbocycles. The van der Waals surface area contributed by atoms with E-state index >= 15 is 0 Å². The van der Waals surface area contributed by atoms with Gasteiger partial charge in [-0.1, -0.05) is 0 Å². The zero-order valence-electron chi connectivity index (χ0n) is 12.0. The third-order valence-corrected chi connectivity index (χ3v) is 5.09. The topological polar surface area (TPSA) is 102 Å². The average molecular weight is 364 g/mol. The molecule has 2 aromatic carbocycles. The fourth-order valence-corrected chi connectivity index (χ4v) is 3.06. The molecular formula is C15H17AsN2O4. The Balaban J connectivity index is 2.18. The second kappa shape index (κ2) is 6.92. The van der Waals surface area contributed by atoms with Crippen molar-refractivity contribution in [3.8, 4) is 5.75 Å². The van der Waals surface area contributed by atoms with Crippen LogP contribution >= 0.6 is 0 Å².